The monoisotopic (exact) mass is 249 g/mol. The van der Waals surface area contributed by atoms with Crippen molar-refractivity contribution in [2.75, 3.05) is 4.72 Å². The maximum Gasteiger partial charge on any atom is 0.308 e. The summed E-state index contributed by atoms with van der Waals surface area (Å²) in [5.74, 6) is -0.228. The average Bonchev–Trinajstić information content (AvgIpc) is 2.09. The highest BCUT2D eigenvalue weighted by molar-refractivity contribution is 7.80. The van der Waals surface area contributed by atoms with Crippen LogP contribution in [0.15, 0.2) is 18.2 Å². The third-order valence-corrected chi connectivity index (χ3v) is 2.12. The van der Waals surface area contributed by atoms with Crippen molar-refractivity contribution in [2.24, 2.45) is 0 Å². The van der Waals surface area contributed by atoms with E-state index in [-0.39, 0.29) is 16.5 Å². The number of hydrogen-bond donors (Lipinski definition) is 2. The van der Waals surface area contributed by atoms with Gasteiger partial charge in [0.25, 0.3) is 11.3 Å². The second-order valence-corrected chi connectivity index (χ2v) is 3.70. The predicted octanol–water partition coefficient (Wildman–Crippen LogP) is 1.81. The van der Waals surface area contributed by atoms with Crippen molar-refractivity contribution in [1.82, 2.24) is 0 Å². The zero-order valence-electron chi connectivity index (χ0n) is 7.69. The van der Waals surface area contributed by atoms with Gasteiger partial charge in [-0.3, -0.25) is 14.1 Å². The molecule has 1 atom stereocenters. The molecular formula is C8H8ClNO4S. The smallest absolute Gasteiger partial charge is 0.308 e. The molecule has 1 unspecified atom stereocenters. The number of anilines is 1. The molecule has 1 rings (SSSR count). The van der Waals surface area contributed by atoms with Crippen molar-refractivity contribution < 1.29 is 18.3 Å². The van der Waals surface area contributed by atoms with E-state index in [1.54, 1.807) is 0 Å². The van der Waals surface area contributed by atoms with Crippen molar-refractivity contribution in [3.8, 4) is 5.75 Å². The first-order chi connectivity index (χ1) is 6.99. The molecule has 0 amide bonds. The van der Waals surface area contributed by atoms with Gasteiger partial charge in [-0.05, 0) is 12.1 Å². The summed E-state index contributed by atoms with van der Waals surface area (Å²) in [6.45, 7) is 1.26. The fraction of sp³-hybridized carbons (Fsp3) is 0.125. The molecule has 0 fully saturated rings. The Morgan fingerprint density at radius 3 is 2.80 bits per heavy atom. The first-order valence-corrected chi connectivity index (χ1v) is 5.33. The van der Waals surface area contributed by atoms with Crippen LogP contribution in [0.25, 0.3) is 0 Å². The van der Waals surface area contributed by atoms with Crippen molar-refractivity contribution in [3.05, 3.63) is 23.2 Å². The Morgan fingerprint density at radius 1 is 1.60 bits per heavy atom. The Balaban J connectivity index is 2.94. The van der Waals surface area contributed by atoms with Gasteiger partial charge >= 0.3 is 5.97 Å². The standard InChI is InChI=1S/C8H8ClNO4S/c1-5(11)14-6-2-3-7(9)8(4-6)10-15(12)13/h2-4,10H,1H3,(H,12,13). The van der Waals surface area contributed by atoms with Crippen LogP contribution in [0, 0.1) is 0 Å². The summed E-state index contributed by atoms with van der Waals surface area (Å²) in [6.07, 6.45) is 0. The van der Waals surface area contributed by atoms with Gasteiger partial charge in [-0.2, -0.15) is 0 Å². The molecule has 1 aromatic carbocycles. The Kier molecular flexibility index (Phi) is 4.07. The quantitative estimate of drug-likeness (QED) is 0.487. The fourth-order valence-corrected chi connectivity index (χ4v) is 1.48. The summed E-state index contributed by atoms with van der Waals surface area (Å²) in [4.78, 5) is 10.6. The molecule has 0 aromatic heterocycles. The Hall–Kier alpha value is -1.11. The van der Waals surface area contributed by atoms with E-state index in [0.717, 1.165) is 0 Å². The number of ether oxygens (including phenoxy) is 1. The molecule has 0 spiro atoms. The number of halogens is 1. The molecule has 2 N–H and O–H groups in total. The van der Waals surface area contributed by atoms with Gasteiger partial charge in [-0.25, -0.2) is 4.21 Å². The van der Waals surface area contributed by atoms with Crippen LogP contribution in [0.3, 0.4) is 0 Å². The number of nitrogens with one attached hydrogen (secondary N) is 1. The maximum absolute atomic E-state index is 10.6. The number of carbonyl (C=O) groups is 1. The van der Waals surface area contributed by atoms with E-state index in [2.05, 4.69) is 4.72 Å². The second kappa shape index (κ2) is 5.11. The molecule has 0 aliphatic carbocycles. The van der Waals surface area contributed by atoms with Crippen molar-refractivity contribution in [2.45, 2.75) is 6.92 Å². The number of rotatable bonds is 3. The Bertz CT molecular complexity index is 410. The van der Waals surface area contributed by atoms with Crippen LogP contribution in [-0.2, 0) is 16.1 Å². The second-order valence-electron chi connectivity index (χ2n) is 2.59. The summed E-state index contributed by atoms with van der Waals surface area (Å²) >= 11 is 3.51. The molecule has 7 heteroatoms. The predicted molar refractivity (Wildman–Crippen MR) is 57.2 cm³/mol. The van der Waals surface area contributed by atoms with E-state index >= 15 is 0 Å². The van der Waals surface area contributed by atoms with Crippen LogP contribution in [-0.4, -0.2) is 14.7 Å². The Morgan fingerprint density at radius 2 is 2.27 bits per heavy atom. The topological polar surface area (TPSA) is 75.6 Å². The molecular weight excluding hydrogens is 242 g/mol. The lowest BCUT2D eigenvalue weighted by atomic mass is 10.3. The molecule has 82 valence electrons. The van der Waals surface area contributed by atoms with Crippen LogP contribution < -0.4 is 9.46 Å². The lowest BCUT2D eigenvalue weighted by Crippen LogP contribution is -2.04. The lowest BCUT2D eigenvalue weighted by Gasteiger charge is -2.06. The lowest BCUT2D eigenvalue weighted by molar-refractivity contribution is -0.131. The molecule has 15 heavy (non-hydrogen) atoms. The van der Waals surface area contributed by atoms with Crippen molar-refractivity contribution in [1.29, 1.82) is 0 Å². The van der Waals surface area contributed by atoms with E-state index in [1.807, 2.05) is 0 Å². The highest BCUT2D eigenvalue weighted by Gasteiger charge is 2.05. The first-order valence-electron chi connectivity index (χ1n) is 3.84. The van der Waals surface area contributed by atoms with E-state index < -0.39 is 17.2 Å². The van der Waals surface area contributed by atoms with Gasteiger partial charge in [0.2, 0.25) is 0 Å². The summed E-state index contributed by atoms with van der Waals surface area (Å²) < 4.78 is 26.1. The molecule has 0 heterocycles. The minimum Gasteiger partial charge on any atom is -0.427 e. The fourth-order valence-electron chi connectivity index (χ4n) is 0.906. The third-order valence-electron chi connectivity index (χ3n) is 1.40. The third kappa shape index (κ3) is 3.86. The van der Waals surface area contributed by atoms with Crippen LogP contribution in [0.5, 0.6) is 5.75 Å². The number of carbonyl (C=O) groups excluding carboxylic acids is 1. The van der Waals surface area contributed by atoms with Gasteiger partial charge in [0.15, 0.2) is 0 Å². The highest BCUT2D eigenvalue weighted by Crippen LogP contribution is 2.27. The Labute approximate surface area is 93.8 Å². The molecule has 1 aromatic rings. The number of benzene rings is 1. The van der Waals surface area contributed by atoms with Gasteiger partial charge in [-0.15, -0.1) is 0 Å². The van der Waals surface area contributed by atoms with E-state index in [4.69, 9.17) is 20.9 Å². The zero-order chi connectivity index (χ0) is 11.4. The van der Waals surface area contributed by atoms with E-state index in [0.29, 0.717) is 0 Å². The van der Waals surface area contributed by atoms with Crippen molar-refractivity contribution in [3.63, 3.8) is 0 Å². The van der Waals surface area contributed by atoms with Gasteiger partial charge in [0, 0.05) is 13.0 Å². The van der Waals surface area contributed by atoms with Crippen LogP contribution in [0.1, 0.15) is 6.92 Å². The van der Waals surface area contributed by atoms with Gasteiger partial charge in [0.1, 0.15) is 5.75 Å². The first kappa shape index (κ1) is 12.0. The molecule has 0 radical (unpaired) electrons. The highest BCUT2D eigenvalue weighted by atomic mass is 35.5. The summed E-state index contributed by atoms with van der Waals surface area (Å²) in [6, 6.07) is 4.29. The number of esters is 1. The van der Waals surface area contributed by atoms with E-state index in [9.17, 15) is 9.00 Å². The summed E-state index contributed by atoms with van der Waals surface area (Å²) in [5, 5.41) is 0.258. The molecule has 5 nitrogen and oxygen atoms in total. The SMILES string of the molecule is CC(=O)Oc1ccc(Cl)c(NS(=O)O)c1. The molecule has 0 saturated carbocycles. The largest absolute Gasteiger partial charge is 0.427 e. The summed E-state index contributed by atoms with van der Waals surface area (Å²) in [5.41, 5.74) is 0.219. The molecule has 0 aliphatic heterocycles. The van der Waals surface area contributed by atoms with Gasteiger partial charge in [-0.1, -0.05) is 11.6 Å². The van der Waals surface area contributed by atoms with Gasteiger partial charge < -0.3 is 4.74 Å². The molecule has 0 bridgehead atoms. The normalized spacial score (nSPS) is 11.9. The minimum atomic E-state index is -2.22. The number of hydrogen-bond acceptors (Lipinski definition) is 3. The zero-order valence-corrected chi connectivity index (χ0v) is 9.26. The van der Waals surface area contributed by atoms with Gasteiger partial charge in [0.05, 0.1) is 10.7 Å². The van der Waals surface area contributed by atoms with E-state index in [1.165, 1.54) is 25.1 Å². The maximum atomic E-state index is 10.6. The molecule has 0 saturated heterocycles. The average molecular weight is 250 g/mol. The summed E-state index contributed by atoms with van der Waals surface area (Å²) in [7, 11) is 0. The van der Waals surface area contributed by atoms with Crippen molar-refractivity contribution >= 4 is 34.5 Å². The minimum absolute atomic E-state index is 0.219. The van der Waals surface area contributed by atoms with Crippen LogP contribution >= 0.6 is 11.6 Å². The van der Waals surface area contributed by atoms with Crippen LogP contribution in [0.2, 0.25) is 5.02 Å². The van der Waals surface area contributed by atoms with Crippen LogP contribution in [0.4, 0.5) is 5.69 Å². The molecule has 0 aliphatic rings.